The molecule has 0 aliphatic heterocycles. The highest BCUT2D eigenvalue weighted by Crippen LogP contribution is 2.32. The first-order valence-electron chi connectivity index (χ1n) is 9.48. The van der Waals surface area contributed by atoms with Crippen molar-refractivity contribution < 1.29 is 24.2 Å². The zero-order valence-electron chi connectivity index (χ0n) is 16.9. The maximum atomic E-state index is 12.8. The highest BCUT2D eigenvalue weighted by molar-refractivity contribution is 6.42. The Labute approximate surface area is 189 Å². The van der Waals surface area contributed by atoms with E-state index in [0.29, 0.717) is 21.5 Å². The lowest BCUT2D eigenvalue weighted by atomic mass is 10.0. The Bertz CT molecular complexity index is 1130. The molecular formula is C23H21Cl2NO5. The predicted molar refractivity (Wildman–Crippen MR) is 121 cm³/mol. The maximum absolute atomic E-state index is 12.8. The number of rotatable bonds is 8. The lowest BCUT2D eigenvalue weighted by Gasteiger charge is -2.22. The normalized spacial score (nSPS) is 11.2. The van der Waals surface area contributed by atoms with Gasteiger partial charge < -0.3 is 19.9 Å². The summed E-state index contributed by atoms with van der Waals surface area (Å²) in [6.45, 7) is 3.11. The zero-order chi connectivity index (χ0) is 22.6. The SMILES string of the molecule is CC(C)(NC(=O)c1ccc2ccccc2c1OCCOc1cccc(Cl)c1Cl)C(=O)O. The van der Waals surface area contributed by atoms with Gasteiger partial charge in [0.05, 0.1) is 10.6 Å². The van der Waals surface area contributed by atoms with Crippen molar-refractivity contribution in [3.63, 3.8) is 0 Å². The number of hydrogen-bond acceptors (Lipinski definition) is 4. The van der Waals surface area contributed by atoms with Gasteiger partial charge in [-0.05, 0) is 37.4 Å². The average molecular weight is 462 g/mol. The molecule has 0 fully saturated rings. The van der Waals surface area contributed by atoms with Crippen molar-refractivity contribution in [3.05, 3.63) is 70.2 Å². The highest BCUT2D eigenvalue weighted by atomic mass is 35.5. The van der Waals surface area contributed by atoms with Gasteiger partial charge >= 0.3 is 5.97 Å². The molecule has 0 saturated heterocycles. The third kappa shape index (κ3) is 5.21. The largest absolute Gasteiger partial charge is 0.489 e. The molecule has 6 nitrogen and oxygen atoms in total. The number of carbonyl (C=O) groups is 2. The van der Waals surface area contributed by atoms with Gasteiger partial charge in [0.1, 0.15) is 35.3 Å². The number of halogens is 2. The molecule has 31 heavy (non-hydrogen) atoms. The molecule has 0 bridgehead atoms. The molecule has 3 rings (SSSR count). The summed E-state index contributed by atoms with van der Waals surface area (Å²) in [5, 5.41) is 14.1. The van der Waals surface area contributed by atoms with E-state index in [4.69, 9.17) is 32.7 Å². The quantitative estimate of drug-likeness (QED) is 0.450. The second-order valence-corrected chi connectivity index (χ2v) is 8.08. The van der Waals surface area contributed by atoms with Gasteiger partial charge in [-0.2, -0.15) is 0 Å². The maximum Gasteiger partial charge on any atom is 0.328 e. The van der Waals surface area contributed by atoms with E-state index in [1.165, 1.54) is 13.8 Å². The van der Waals surface area contributed by atoms with Crippen LogP contribution in [-0.4, -0.2) is 35.7 Å². The molecule has 0 spiro atoms. The van der Waals surface area contributed by atoms with E-state index in [-0.39, 0.29) is 18.8 Å². The van der Waals surface area contributed by atoms with Gasteiger partial charge in [-0.15, -0.1) is 0 Å². The molecule has 162 valence electrons. The molecule has 0 unspecified atom stereocenters. The number of fused-ring (bicyclic) bond motifs is 1. The van der Waals surface area contributed by atoms with Crippen molar-refractivity contribution in [2.75, 3.05) is 13.2 Å². The van der Waals surface area contributed by atoms with Gasteiger partial charge in [0.2, 0.25) is 0 Å². The van der Waals surface area contributed by atoms with E-state index in [0.717, 1.165) is 10.8 Å². The van der Waals surface area contributed by atoms with Crippen molar-refractivity contribution in [3.8, 4) is 11.5 Å². The molecule has 8 heteroatoms. The number of nitrogens with one attached hydrogen (secondary N) is 1. The molecule has 3 aromatic carbocycles. The first kappa shape index (κ1) is 22.7. The zero-order valence-corrected chi connectivity index (χ0v) is 18.5. The van der Waals surface area contributed by atoms with E-state index in [9.17, 15) is 14.7 Å². The molecule has 0 saturated carbocycles. The van der Waals surface area contributed by atoms with Crippen LogP contribution >= 0.6 is 23.2 Å². The van der Waals surface area contributed by atoms with E-state index < -0.39 is 17.4 Å². The Morgan fingerprint density at radius 1 is 0.968 bits per heavy atom. The highest BCUT2D eigenvalue weighted by Gasteiger charge is 2.30. The molecule has 0 atom stereocenters. The molecular weight excluding hydrogens is 441 g/mol. The van der Waals surface area contributed by atoms with Crippen LogP contribution in [-0.2, 0) is 4.79 Å². The van der Waals surface area contributed by atoms with Crippen molar-refractivity contribution in [1.82, 2.24) is 5.32 Å². The van der Waals surface area contributed by atoms with Crippen LogP contribution in [0.25, 0.3) is 10.8 Å². The summed E-state index contributed by atoms with van der Waals surface area (Å²) in [4.78, 5) is 24.2. The van der Waals surface area contributed by atoms with Crippen LogP contribution in [0.2, 0.25) is 10.0 Å². The lowest BCUT2D eigenvalue weighted by molar-refractivity contribution is -0.143. The summed E-state index contributed by atoms with van der Waals surface area (Å²) in [5.74, 6) is -0.919. The number of benzene rings is 3. The summed E-state index contributed by atoms with van der Waals surface area (Å²) in [5.41, 5.74) is -1.21. The van der Waals surface area contributed by atoms with Gasteiger partial charge in [-0.1, -0.05) is 59.6 Å². The summed E-state index contributed by atoms with van der Waals surface area (Å²) in [7, 11) is 0. The van der Waals surface area contributed by atoms with Gasteiger partial charge in [-0.3, -0.25) is 4.79 Å². The fourth-order valence-electron chi connectivity index (χ4n) is 2.87. The van der Waals surface area contributed by atoms with Crippen LogP contribution in [0.15, 0.2) is 54.6 Å². The van der Waals surface area contributed by atoms with Crippen molar-refractivity contribution in [2.45, 2.75) is 19.4 Å². The fraction of sp³-hybridized carbons (Fsp3) is 0.217. The first-order chi connectivity index (χ1) is 14.7. The number of hydrogen-bond donors (Lipinski definition) is 2. The number of carboxylic acid groups (broad SMARTS) is 1. The summed E-state index contributed by atoms with van der Waals surface area (Å²) < 4.78 is 11.6. The minimum absolute atomic E-state index is 0.124. The van der Waals surface area contributed by atoms with Gasteiger partial charge in [0.25, 0.3) is 5.91 Å². The molecule has 0 aromatic heterocycles. The van der Waals surface area contributed by atoms with Crippen molar-refractivity contribution >= 4 is 45.9 Å². The van der Waals surface area contributed by atoms with Crippen LogP contribution in [0.4, 0.5) is 0 Å². The minimum Gasteiger partial charge on any atom is -0.489 e. The third-order valence-corrected chi connectivity index (χ3v) is 5.39. The first-order valence-corrected chi connectivity index (χ1v) is 10.2. The molecule has 3 aromatic rings. The van der Waals surface area contributed by atoms with Gasteiger partial charge in [-0.25, -0.2) is 4.79 Å². The van der Waals surface area contributed by atoms with Crippen LogP contribution in [0, 0.1) is 0 Å². The van der Waals surface area contributed by atoms with E-state index in [2.05, 4.69) is 5.32 Å². The number of amides is 1. The van der Waals surface area contributed by atoms with E-state index >= 15 is 0 Å². The van der Waals surface area contributed by atoms with E-state index in [1.807, 2.05) is 24.3 Å². The van der Waals surface area contributed by atoms with Crippen LogP contribution in [0.3, 0.4) is 0 Å². The second-order valence-electron chi connectivity index (χ2n) is 7.30. The Hall–Kier alpha value is -2.96. The summed E-state index contributed by atoms with van der Waals surface area (Å²) in [6, 6.07) is 15.9. The number of ether oxygens (including phenoxy) is 2. The number of aliphatic carboxylic acids is 1. The second kappa shape index (κ2) is 9.45. The number of carboxylic acids is 1. The van der Waals surface area contributed by atoms with Crippen LogP contribution in [0.5, 0.6) is 11.5 Å². The van der Waals surface area contributed by atoms with Crippen LogP contribution < -0.4 is 14.8 Å². The Balaban J connectivity index is 1.82. The fourth-order valence-corrected chi connectivity index (χ4v) is 3.22. The monoisotopic (exact) mass is 461 g/mol. The summed E-state index contributed by atoms with van der Waals surface area (Å²) >= 11 is 12.1. The predicted octanol–water partition coefficient (Wildman–Crippen LogP) is 5.20. The van der Waals surface area contributed by atoms with Gasteiger partial charge in [0.15, 0.2) is 0 Å². The minimum atomic E-state index is -1.44. The van der Waals surface area contributed by atoms with E-state index in [1.54, 1.807) is 30.3 Å². The summed E-state index contributed by atoms with van der Waals surface area (Å²) in [6.07, 6.45) is 0. The Kier molecular flexibility index (Phi) is 6.93. The van der Waals surface area contributed by atoms with Gasteiger partial charge in [0, 0.05) is 5.39 Å². The lowest BCUT2D eigenvalue weighted by Crippen LogP contribution is -2.49. The molecule has 0 aliphatic rings. The molecule has 0 radical (unpaired) electrons. The van der Waals surface area contributed by atoms with Crippen molar-refractivity contribution in [1.29, 1.82) is 0 Å². The molecule has 1 amide bonds. The topological polar surface area (TPSA) is 84.9 Å². The Morgan fingerprint density at radius 3 is 2.42 bits per heavy atom. The smallest absolute Gasteiger partial charge is 0.328 e. The average Bonchev–Trinajstić information content (AvgIpc) is 2.73. The van der Waals surface area contributed by atoms with Crippen LogP contribution in [0.1, 0.15) is 24.2 Å². The Morgan fingerprint density at radius 2 is 1.68 bits per heavy atom. The molecule has 2 N–H and O–H groups in total. The standard InChI is InChI=1S/C23H21Cl2NO5/c1-23(2,22(28)29)26-21(27)16-11-10-14-6-3-4-7-15(14)20(16)31-13-12-30-18-9-5-8-17(24)19(18)25/h3-11H,12-13H2,1-2H3,(H,26,27)(H,28,29). The third-order valence-electron chi connectivity index (χ3n) is 4.59. The molecule has 0 aliphatic carbocycles. The number of carbonyl (C=O) groups excluding carboxylic acids is 1. The van der Waals surface area contributed by atoms with Crippen molar-refractivity contribution in [2.24, 2.45) is 0 Å². The molecule has 0 heterocycles.